The van der Waals surface area contributed by atoms with Crippen molar-refractivity contribution in [1.82, 2.24) is 14.3 Å². The molecule has 1 aliphatic rings. The third-order valence-electron chi connectivity index (χ3n) is 4.11. The van der Waals surface area contributed by atoms with Crippen LogP contribution in [0.25, 0.3) is 5.65 Å². The average Bonchev–Trinajstić information content (AvgIpc) is 3.26. The highest BCUT2D eigenvalue weighted by Gasteiger charge is 2.35. The zero-order valence-corrected chi connectivity index (χ0v) is 12.8. The van der Waals surface area contributed by atoms with Crippen LogP contribution in [0.5, 0.6) is 0 Å². The lowest BCUT2D eigenvalue weighted by atomic mass is 10.1. The predicted octanol–water partition coefficient (Wildman–Crippen LogP) is 3.70. The smallest absolute Gasteiger partial charge is 0.277 e. The minimum absolute atomic E-state index is 0.176. The second-order valence-electron chi connectivity index (χ2n) is 5.50. The Balaban J connectivity index is 1.73. The summed E-state index contributed by atoms with van der Waals surface area (Å²) in [5, 5.41) is 0.377. The standard InChI is InChI=1S/C16H13ClFN3O2/c17-10-5-6-13-19-14(15(18)21(13)9-10)16(22)20-7-1-3-11(20)12-4-2-8-23-12/h2,4-6,8-9,11H,1,3,7H2. The van der Waals surface area contributed by atoms with E-state index < -0.39 is 11.9 Å². The van der Waals surface area contributed by atoms with Gasteiger partial charge in [-0.2, -0.15) is 4.39 Å². The molecular formula is C16H13ClFN3O2. The molecule has 1 atom stereocenters. The molecule has 0 aliphatic carbocycles. The van der Waals surface area contributed by atoms with Crippen molar-refractivity contribution in [2.45, 2.75) is 18.9 Å². The van der Waals surface area contributed by atoms with Crippen LogP contribution in [0.4, 0.5) is 4.39 Å². The number of halogens is 2. The summed E-state index contributed by atoms with van der Waals surface area (Å²) in [5.74, 6) is -0.415. The Morgan fingerprint density at radius 1 is 1.39 bits per heavy atom. The number of nitrogens with zero attached hydrogens (tertiary/aromatic N) is 3. The van der Waals surface area contributed by atoms with Crippen molar-refractivity contribution < 1.29 is 13.6 Å². The minimum atomic E-state index is -0.697. The molecule has 5 nitrogen and oxygen atoms in total. The van der Waals surface area contributed by atoms with E-state index in [-0.39, 0.29) is 11.7 Å². The monoisotopic (exact) mass is 333 g/mol. The van der Waals surface area contributed by atoms with Crippen molar-refractivity contribution in [3.63, 3.8) is 0 Å². The maximum atomic E-state index is 14.6. The van der Waals surface area contributed by atoms with Crippen molar-refractivity contribution >= 4 is 23.2 Å². The lowest BCUT2D eigenvalue weighted by Crippen LogP contribution is -2.31. The molecule has 0 saturated carbocycles. The molecule has 0 N–H and O–H groups in total. The van der Waals surface area contributed by atoms with Gasteiger partial charge in [-0.1, -0.05) is 11.6 Å². The molecule has 7 heteroatoms. The molecule has 0 aromatic carbocycles. The summed E-state index contributed by atoms with van der Waals surface area (Å²) in [4.78, 5) is 18.5. The summed E-state index contributed by atoms with van der Waals surface area (Å²) >= 11 is 5.87. The molecule has 1 unspecified atom stereocenters. The van der Waals surface area contributed by atoms with Crippen LogP contribution in [0.1, 0.15) is 35.1 Å². The molecule has 1 aliphatic heterocycles. The zero-order chi connectivity index (χ0) is 16.0. The molecule has 1 fully saturated rings. The fourth-order valence-corrected chi connectivity index (χ4v) is 3.21. The van der Waals surface area contributed by atoms with Crippen LogP contribution in [0.3, 0.4) is 0 Å². The van der Waals surface area contributed by atoms with E-state index in [9.17, 15) is 9.18 Å². The van der Waals surface area contributed by atoms with Crippen molar-refractivity contribution in [3.05, 3.63) is 59.1 Å². The first kappa shape index (κ1) is 14.3. The predicted molar refractivity (Wildman–Crippen MR) is 81.9 cm³/mol. The Hall–Kier alpha value is -2.34. The molecule has 1 amide bonds. The molecule has 4 heterocycles. The molecule has 23 heavy (non-hydrogen) atoms. The van der Waals surface area contributed by atoms with E-state index in [4.69, 9.17) is 16.0 Å². The molecule has 3 aromatic heterocycles. The van der Waals surface area contributed by atoms with Gasteiger partial charge in [-0.15, -0.1) is 0 Å². The van der Waals surface area contributed by atoms with Crippen LogP contribution < -0.4 is 0 Å². The van der Waals surface area contributed by atoms with Gasteiger partial charge in [0.15, 0.2) is 5.69 Å². The van der Waals surface area contributed by atoms with Gasteiger partial charge < -0.3 is 9.32 Å². The zero-order valence-electron chi connectivity index (χ0n) is 12.1. The molecule has 3 aromatic rings. The first-order valence-corrected chi connectivity index (χ1v) is 7.70. The number of furan rings is 1. The van der Waals surface area contributed by atoms with Gasteiger partial charge in [-0.3, -0.25) is 9.20 Å². The largest absolute Gasteiger partial charge is 0.467 e. The quantitative estimate of drug-likeness (QED) is 0.718. The van der Waals surface area contributed by atoms with Crippen LogP contribution in [0.2, 0.25) is 5.02 Å². The minimum Gasteiger partial charge on any atom is -0.467 e. The van der Waals surface area contributed by atoms with Gasteiger partial charge in [0.1, 0.15) is 11.4 Å². The van der Waals surface area contributed by atoms with Crippen LogP contribution in [-0.2, 0) is 0 Å². The molecule has 1 saturated heterocycles. The Kier molecular flexibility index (Phi) is 3.34. The lowest BCUT2D eigenvalue weighted by Gasteiger charge is -2.22. The van der Waals surface area contributed by atoms with E-state index >= 15 is 0 Å². The first-order chi connectivity index (χ1) is 11.1. The number of rotatable bonds is 2. The van der Waals surface area contributed by atoms with Gasteiger partial charge in [0.2, 0.25) is 5.95 Å². The maximum Gasteiger partial charge on any atom is 0.277 e. The molecule has 0 radical (unpaired) electrons. The van der Waals surface area contributed by atoms with E-state index in [0.717, 1.165) is 12.8 Å². The highest BCUT2D eigenvalue weighted by Crippen LogP contribution is 2.33. The van der Waals surface area contributed by atoms with E-state index in [1.54, 1.807) is 29.4 Å². The fraction of sp³-hybridized carbons (Fsp3) is 0.250. The second-order valence-corrected chi connectivity index (χ2v) is 5.94. The van der Waals surface area contributed by atoms with E-state index in [1.165, 1.54) is 10.6 Å². The van der Waals surface area contributed by atoms with Gasteiger partial charge >= 0.3 is 0 Å². The molecule has 4 rings (SSSR count). The average molecular weight is 334 g/mol. The summed E-state index contributed by atoms with van der Waals surface area (Å²) in [6.45, 7) is 0.554. The Bertz CT molecular complexity index is 875. The van der Waals surface area contributed by atoms with Crippen LogP contribution in [0.15, 0.2) is 41.1 Å². The van der Waals surface area contributed by atoms with Crippen LogP contribution in [-0.4, -0.2) is 26.7 Å². The van der Waals surface area contributed by atoms with Gasteiger partial charge in [0, 0.05) is 12.7 Å². The number of carbonyl (C=O) groups is 1. The fourth-order valence-electron chi connectivity index (χ4n) is 3.05. The SMILES string of the molecule is O=C(c1nc2ccc(Cl)cn2c1F)N1CCCC1c1ccco1. The van der Waals surface area contributed by atoms with E-state index in [1.807, 2.05) is 6.07 Å². The molecular weight excluding hydrogens is 321 g/mol. The van der Waals surface area contributed by atoms with Crippen molar-refractivity contribution in [2.75, 3.05) is 6.54 Å². The number of carbonyl (C=O) groups excluding carboxylic acids is 1. The van der Waals surface area contributed by atoms with Gasteiger partial charge in [-0.25, -0.2) is 4.98 Å². The van der Waals surface area contributed by atoms with Gasteiger partial charge in [-0.05, 0) is 37.1 Å². The Morgan fingerprint density at radius 3 is 3.04 bits per heavy atom. The normalized spacial score (nSPS) is 18.0. The first-order valence-electron chi connectivity index (χ1n) is 7.32. The maximum absolute atomic E-state index is 14.6. The lowest BCUT2D eigenvalue weighted by molar-refractivity contribution is 0.0709. The summed E-state index contributed by atoms with van der Waals surface area (Å²) < 4.78 is 21.1. The van der Waals surface area contributed by atoms with Crippen LogP contribution >= 0.6 is 11.6 Å². The number of imidazole rings is 1. The molecule has 0 bridgehead atoms. The molecule has 0 spiro atoms. The summed E-state index contributed by atoms with van der Waals surface area (Å²) in [5.41, 5.74) is 0.162. The number of hydrogen-bond donors (Lipinski definition) is 0. The van der Waals surface area contributed by atoms with Crippen molar-refractivity contribution in [1.29, 1.82) is 0 Å². The Labute approximate surface area is 136 Å². The van der Waals surface area contributed by atoms with Gasteiger partial charge in [0.05, 0.1) is 17.3 Å². The number of fused-ring (bicyclic) bond motifs is 1. The summed E-state index contributed by atoms with van der Waals surface area (Å²) in [6.07, 6.45) is 4.62. The third-order valence-corrected chi connectivity index (χ3v) is 4.34. The number of aromatic nitrogens is 2. The van der Waals surface area contributed by atoms with Crippen molar-refractivity contribution in [2.24, 2.45) is 0 Å². The highest BCUT2D eigenvalue weighted by molar-refractivity contribution is 6.30. The number of pyridine rings is 1. The molecule has 118 valence electrons. The van der Waals surface area contributed by atoms with E-state index in [2.05, 4.69) is 4.98 Å². The number of hydrogen-bond acceptors (Lipinski definition) is 3. The number of amides is 1. The summed E-state index contributed by atoms with van der Waals surface area (Å²) in [6, 6.07) is 6.63. The highest BCUT2D eigenvalue weighted by atomic mass is 35.5. The third kappa shape index (κ3) is 2.30. The number of likely N-dealkylation sites (tertiary alicyclic amines) is 1. The van der Waals surface area contributed by atoms with Gasteiger partial charge in [0.25, 0.3) is 5.91 Å². The summed E-state index contributed by atoms with van der Waals surface area (Å²) in [7, 11) is 0. The van der Waals surface area contributed by atoms with E-state index in [0.29, 0.717) is 23.0 Å². The van der Waals surface area contributed by atoms with Crippen LogP contribution in [0, 0.1) is 5.95 Å². The topological polar surface area (TPSA) is 50.8 Å². The van der Waals surface area contributed by atoms with Crippen molar-refractivity contribution in [3.8, 4) is 0 Å². The second kappa shape index (κ2) is 5.38. The Morgan fingerprint density at radius 2 is 2.26 bits per heavy atom.